The van der Waals surface area contributed by atoms with Crippen LogP contribution in [0.1, 0.15) is 22.3 Å². The van der Waals surface area contributed by atoms with Crippen LogP contribution in [0.4, 0.5) is 0 Å². The topological polar surface area (TPSA) is 32.9 Å². The van der Waals surface area contributed by atoms with Crippen LogP contribution >= 0.6 is 15.9 Å². The van der Waals surface area contributed by atoms with E-state index in [2.05, 4.69) is 32.8 Å². The summed E-state index contributed by atoms with van der Waals surface area (Å²) in [5.74, 6) is 6.12. The molecule has 0 bridgehead atoms. The lowest BCUT2D eigenvalue weighted by atomic mass is 10.1. The molecule has 2 nitrogen and oxygen atoms in total. The summed E-state index contributed by atoms with van der Waals surface area (Å²) in [6.45, 7) is 0. The molecule has 0 aliphatic rings. The Morgan fingerprint density at radius 3 is 3.06 bits per heavy atom. The fourth-order valence-electron chi connectivity index (χ4n) is 1.53. The summed E-state index contributed by atoms with van der Waals surface area (Å²) < 4.78 is 0. The summed E-state index contributed by atoms with van der Waals surface area (Å²) in [5.41, 5.74) is 2.59. The average molecular weight is 276 g/mol. The quantitative estimate of drug-likeness (QED) is 0.510. The van der Waals surface area contributed by atoms with Gasteiger partial charge in [-0.3, -0.25) is 4.79 Å². The van der Waals surface area contributed by atoms with Gasteiger partial charge in [-0.25, -0.2) is 0 Å². The molecule has 0 spiro atoms. The smallest absolute Gasteiger partial charge is 0.152 e. The second-order valence-electron chi connectivity index (χ2n) is 3.36. The minimum Gasteiger partial charge on any atom is -0.360 e. The van der Waals surface area contributed by atoms with Crippen molar-refractivity contribution >= 4 is 33.1 Å². The molecule has 1 aromatic heterocycles. The van der Waals surface area contributed by atoms with Gasteiger partial charge in [0.1, 0.15) is 0 Å². The molecule has 1 aromatic carbocycles. The molecule has 0 fully saturated rings. The number of aromatic nitrogens is 1. The van der Waals surface area contributed by atoms with Gasteiger partial charge in [-0.05, 0) is 18.2 Å². The first-order chi connectivity index (χ1) is 7.85. The van der Waals surface area contributed by atoms with Crippen molar-refractivity contribution < 1.29 is 4.79 Å². The average Bonchev–Trinajstić information content (AvgIpc) is 2.71. The molecule has 0 aliphatic heterocycles. The minimum absolute atomic E-state index is 0.680. The maximum Gasteiger partial charge on any atom is 0.152 e. The monoisotopic (exact) mass is 275 g/mol. The van der Waals surface area contributed by atoms with Gasteiger partial charge in [-0.1, -0.05) is 27.8 Å². The van der Waals surface area contributed by atoms with Crippen LogP contribution in [0.25, 0.3) is 10.9 Å². The Labute approximate surface area is 102 Å². The Morgan fingerprint density at radius 2 is 2.31 bits per heavy atom. The number of H-pyrrole nitrogens is 1. The van der Waals surface area contributed by atoms with Crippen molar-refractivity contribution in [2.45, 2.75) is 6.42 Å². The molecule has 0 amide bonds. The number of halogens is 1. The van der Waals surface area contributed by atoms with Crippen LogP contribution in [0.5, 0.6) is 0 Å². The lowest BCUT2D eigenvalue weighted by molar-refractivity contribution is 0.112. The van der Waals surface area contributed by atoms with Crippen LogP contribution in [-0.4, -0.2) is 16.6 Å². The van der Waals surface area contributed by atoms with Crippen molar-refractivity contribution in [3.63, 3.8) is 0 Å². The molecule has 80 valence electrons. The second kappa shape index (κ2) is 5.00. The Bertz CT molecular complexity index is 574. The number of aromatic amines is 1. The fraction of sp³-hybridized carbons (Fsp3) is 0.154. The Hall–Kier alpha value is -1.53. The molecule has 3 heteroatoms. The highest BCUT2D eigenvalue weighted by atomic mass is 79.9. The third kappa shape index (κ3) is 2.17. The number of carbonyl (C=O) groups is 1. The van der Waals surface area contributed by atoms with Crippen LogP contribution in [0.15, 0.2) is 24.4 Å². The van der Waals surface area contributed by atoms with Gasteiger partial charge < -0.3 is 4.98 Å². The Morgan fingerprint density at radius 1 is 1.44 bits per heavy atom. The highest BCUT2D eigenvalue weighted by Gasteiger charge is 2.02. The zero-order valence-electron chi connectivity index (χ0n) is 8.59. The first-order valence-electron chi connectivity index (χ1n) is 4.96. The number of nitrogens with one attached hydrogen (secondary N) is 1. The third-order valence-corrected chi connectivity index (χ3v) is 2.69. The van der Waals surface area contributed by atoms with Crippen molar-refractivity contribution in [3.8, 4) is 11.8 Å². The standard InChI is InChI=1S/C13H10BrNO/c14-6-2-1-3-10-4-5-13-12(7-10)11(9-16)8-15-13/h4-5,7-9,15H,2,6H2. The molecule has 16 heavy (non-hydrogen) atoms. The maximum atomic E-state index is 10.8. The zero-order chi connectivity index (χ0) is 11.4. The van der Waals surface area contributed by atoms with Gasteiger partial charge in [0.2, 0.25) is 0 Å². The van der Waals surface area contributed by atoms with Crippen LogP contribution in [-0.2, 0) is 0 Å². The number of aldehydes is 1. The number of carbonyl (C=O) groups excluding carboxylic acids is 1. The second-order valence-corrected chi connectivity index (χ2v) is 4.16. The lowest BCUT2D eigenvalue weighted by Gasteiger charge is -1.93. The van der Waals surface area contributed by atoms with E-state index in [1.54, 1.807) is 6.20 Å². The molecule has 2 rings (SSSR count). The van der Waals surface area contributed by atoms with E-state index >= 15 is 0 Å². The van der Waals surface area contributed by atoms with Crippen LogP contribution < -0.4 is 0 Å². The van der Waals surface area contributed by atoms with Gasteiger partial charge in [-0.15, -0.1) is 0 Å². The van der Waals surface area contributed by atoms with Gasteiger partial charge in [0.15, 0.2) is 6.29 Å². The van der Waals surface area contributed by atoms with E-state index in [9.17, 15) is 4.79 Å². The predicted molar refractivity (Wildman–Crippen MR) is 69.0 cm³/mol. The van der Waals surface area contributed by atoms with Crippen molar-refractivity contribution in [2.24, 2.45) is 0 Å². The molecule has 1 N–H and O–H groups in total. The molecular formula is C13H10BrNO. The lowest BCUT2D eigenvalue weighted by Crippen LogP contribution is -1.78. The first-order valence-corrected chi connectivity index (χ1v) is 6.08. The largest absolute Gasteiger partial charge is 0.360 e. The van der Waals surface area contributed by atoms with Crippen molar-refractivity contribution in [1.82, 2.24) is 4.98 Å². The highest BCUT2D eigenvalue weighted by Crippen LogP contribution is 2.17. The molecule has 0 unspecified atom stereocenters. The van der Waals surface area contributed by atoms with Gasteiger partial charge in [0.25, 0.3) is 0 Å². The normalized spacial score (nSPS) is 9.81. The number of hydrogen-bond donors (Lipinski definition) is 1. The van der Waals surface area contributed by atoms with E-state index in [1.807, 2.05) is 18.2 Å². The summed E-state index contributed by atoms with van der Waals surface area (Å²) in [6.07, 6.45) is 3.40. The molecule has 0 atom stereocenters. The summed E-state index contributed by atoms with van der Waals surface area (Å²) in [7, 11) is 0. The molecule has 2 aromatic rings. The fourth-order valence-corrected chi connectivity index (χ4v) is 1.73. The van der Waals surface area contributed by atoms with E-state index < -0.39 is 0 Å². The van der Waals surface area contributed by atoms with Crippen molar-refractivity contribution in [2.75, 3.05) is 5.33 Å². The molecular weight excluding hydrogens is 266 g/mol. The summed E-state index contributed by atoms with van der Waals surface area (Å²) in [5, 5.41) is 1.81. The van der Waals surface area contributed by atoms with Gasteiger partial charge >= 0.3 is 0 Å². The number of fused-ring (bicyclic) bond motifs is 1. The van der Waals surface area contributed by atoms with Gasteiger partial charge in [0, 0.05) is 40.0 Å². The van der Waals surface area contributed by atoms with E-state index in [4.69, 9.17) is 0 Å². The Kier molecular flexibility index (Phi) is 3.43. The van der Waals surface area contributed by atoms with Crippen molar-refractivity contribution in [3.05, 3.63) is 35.5 Å². The van der Waals surface area contributed by atoms with Crippen LogP contribution in [0.2, 0.25) is 0 Å². The minimum atomic E-state index is 0.680. The SMILES string of the molecule is O=Cc1c[nH]c2ccc(C#CCCBr)cc12. The maximum absolute atomic E-state index is 10.8. The first kappa shape index (κ1) is 11.0. The van der Waals surface area contributed by atoms with Crippen LogP contribution in [0.3, 0.4) is 0 Å². The van der Waals surface area contributed by atoms with Gasteiger partial charge in [-0.2, -0.15) is 0 Å². The number of rotatable bonds is 2. The zero-order valence-corrected chi connectivity index (χ0v) is 10.2. The van der Waals surface area contributed by atoms with E-state index in [0.29, 0.717) is 5.56 Å². The molecule has 1 heterocycles. The molecule has 0 aliphatic carbocycles. The van der Waals surface area contributed by atoms with Crippen molar-refractivity contribution in [1.29, 1.82) is 0 Å². The Balaban J connectivity index is 2.43. The summed E-state index contributed by atoms with van der Waals surface area (Å²) in [6, 6.07) is 5.84. The molecule has 0 saturated carbocycles. The molecule has 0 saturated heterocycles. The number of benzene rings is 1. The van der Waals surface area contributed by atoms with Gasteiger partial charge in [0.05, 0.1) is 0 Å². The van der Waals surface area contributed by atoms with Crippen LogP contribution in [0, 0.1) is 11.8 Å². The highest BCUT2D eigenvalue weighted by molar-refractivity contribution is 9.09. The number of alkyl halides is 1. The summed E-state index contributed by atoms with van der Waals surface area (Å²) >= 11 is 3.33. The van der Waals surface area contributed by atoms with E-state index in [1.165, 1.54) is 0 Å². The van der Waals surface area contributed by atoms with E-state index in [0.717, 1.165) is 34.5 Å². The number of hydrogen-bond acceptors (Lipinski definition) is 1. The predicted octanol–water partition coefficient (Wildman–Crippen LogP) is 3.12. The van der Waals surface area contributed by atoms with E-state index in [-0.39, 0.29) is 0 Å². The third-order valence-electron chi connectivity index (χ3n) is 2.29. The molecule has 0 radical (unpaired) electrons. The summed E-state index contributed by atoms with van der Waals surface area (Å²) in [4.78, 5) is 13.8.